The van der Waals surface area contributed by atoms with Crippen LogP contribution < -0.4 is 10.9 Å². The van der Waals surface area contributed by atoms with E-state index in [0.29, 0.717) is 27.2 Å². The SMILES string of the molecule is COC(=O)c1ccc(S(=O)N(C)Cc2cc3c(=O)[nH]c(NC(=O)C(C)(C)C)nc3[nH]2)cc1. The van der Waals surface area contributed by atoms with Crippen molar-refractivity contribution in [1.82, 2.24) is 19.3 Å². The van der Waals surface area contributed by atoms with Crippen molar-refractivity contribution in [1.29, 1.82) is 0 Å². The number of carbonyl (C=O) groups excluding carboxylic acids is 2. The minimum atomic E-state index is -1.50. The van der Waals surface area contributed by atoms with Gasteiger partial charge in [-0.2, -0.15) is 4.98 Å². The highest BCUT2D eigenvalue weighted by molar-refractivity contribution is 7.82. The molecule has 0 aliphatic heterocycles. The Kier molecular flexibility index (Phi) is 6.60. The fraction of sp³-hybridized carbons (Fsp3) is 0.333. The number of ether oxygens (including phenoxy) is 1. The highest BCUT2D eigenvalue weighted by atomic mass is 32.2. The summed E-state index contributed by atoms with van der Waals surface area (Å²) in [5.41, 5.74) is 0.264. The van der Waals surface area contributed by atoms with Crippen molar-refractivity contribution in [2.24, 2.45) is 5.41 Å². The first-order valence-corrected chi connectivity index (χ1v) is 10.8. The summed E-state index contributed by atoms with van der Waals surface area (Å²) in [5.74, 6) is -0.692. The van der Waals surface area contributed by atoms with Crippen LogP contribution in [0.2, 0.25) is 0 Å². The number of hydrogen-bond acceptors (Lipinski definition) is 6. The van der Waals surface area contributed by atoms with E-state index in [4.69, 9.17) is 0 Å². The molecular weight excluding hydrogens is 434 g/mol. The predicted octanol–water partition coefficient (Wildman–Crippen LogP) is 2.18. The van der Waals surface area contributed by atoms with Crippen LogP contribution in [0.25, 0.3) is 11.0 Å². The second-order valence-corrected chi connectivity index (χ2v) is 9.82. The van der Waals surface area contributed by atoms with Gasteiger partial charge in [-0.15, -0.1) is 0 Å². The first kappa shape index (κ1) is 23.4. The van der Waals surface area contributed by atoms with Gasteiger partial charge in [-0.25, -0.2) is 13.3 Å². The van der Waals surface area contributed by atoms with Crippen LogP contribution in [0.3, 0.4) is 0 Å². The van der Waals surface area contributed by atoms with Crippen LogP contribution in [0.4, 0.5) is 5.95 Å². The van der Waals surface area contributed by atoms with E-state index >= 15 is 0 Å². The summed E-state index contributed by atoms with van der Waals surface area (Å²) in [4.78, 5) is 46.5. The zero-order valence-electron chi connectivity index (χ0n) is 18.4. The van der Waals surface area contributed by atoms with Crippen molar-refractivity contribution in [2.45, 2.75) is 32.2 Å². The summed E-state index contributed by atoms with van der Waals surface area (Å²) in [6.45, 7) is 5.50. The number of benzene rings is 1. The van der Waals surface area contributed by atoms with Crippen LogP contribution in [0, 0.1) is 5.41 Å². The molecule has 10 nitrogen and oxygen atoms in total. The first-order chi connectivity index (χ1) is 15.0. The van der Waals surface area contributed by atoms with E-state index in [0.717, 1.165) is 0 Å². The monoisotopic (exact) mass is 459 g/mol. The number of H-pyrrole nitrogens is 2. The van der Waals surface area contributed by atoms with Crippen LogP contribution >= 0.6 is 0 Å². The molecule has 2 aromatic heterocycles. The van der Waals surface area contributed by atoms with Crippen LogP contribution in [-0.2, 0) is 27.1 Å². The van der Waals surface area contributed by atoms with E-state index in [2.05, 4.69) is 25.0 Å². The minimum Gasteiger partial charge on any atom is -0.465 e. The lowest BCUT2D eigenvalue weighted by atomic mass is 9.96. The van der Waals surface area contributed by atoms with Gasteiger partial charge in [0.2, 0.25) is 11.9 Å². The third-order valence-electron chi connectivity index (χ3n) is 4.62. The number of rotatable bonds is 6. The molecule has 0 radical (unpaired) electrons. The van der Waals surface area contributed by atoms with Gasteiger partial charge in [-0.05, 0) is 30.3 Å². The predicted molar refractivity (Wildman–Crippen MR) is 120 cm³/mol. The summed E-state index contributed by atoms with van der Waals surface area (Å²) in [5, 5.41) is 2.93. The molecule has 170 valence electrons. The zero-order valence-corrected chi connectivity index (χ0v) is 19.3. The average Bonchev–Trinajstić information content (AvgIpc) is 3.14. The maximum absolute atomic E-state index is 12.8. The molecule has 3 aromatic rings. The summed E-state index contributed by atoms with van der Waals surface area (Å²) in [6, 6.07) is 7.92. The topological polar surface area (TPSA) is 137 Å². The van der Waals surface area contributed by atoms with Gasteiger partial charge in [-0.1, -0.05) is 20.8 Å². The summed E-state index contributed by atoms with van der Waals surface area (Å²) in [6.07, 6.45) is 0. The normalized spacial score (nSPS) is 12.7. The molecule has 0 spiro atoms. The molecule has 1 aromatic carbocycles. The van der Waals surface area contributed by atoms with Crippen molar-refractivity contribution in [3.8, 4) is 0 Å². The van der Waals surface area contributed by atoms with Crippen molar-refractivity contribution >= 4 is 39.8 Å². The Morgan fingerprint density at radius 2 is 1.84 bits per heavy atom. The lowest BCUT2D eigenvalue weighted by Gasteiger charge is -2.16. The number of amides is 1. The smallest absolute Gasteiger partial charge is 0.337 e. The Morgan fingerprint density at radius 3 is 2.44 bits per heavy atom. The summed E-state index contributed by atoms with van der Waals surface area (Å²) >= 11 is 0. The van der Waals surface area contributed by atoms with Crippen LogP contribution in [0.15, 0.2) is 40.0 Å². The van der Waals surface area contributed by atoms with Crippen LogP contribution in [0.5, 0.6) is 0 Å². The van der Waals surface area contributed by atoms with Gasteiger partial charge in [0.1, 0.15) is 16.6 Å². The third-order valence-corrected chi connectivity index (χ3v) is 5.99. The molecule has 0 fully saturated rings. The van der Waals surface area contributed by atoms with Gasteiger partial charge in [0.25, 0.3) is 5.56 Å². The average molecular weight is 460 g/mol. The molecule has 0 saturated heterocycles. The van der Waals surface area contributed by atoms with E-state index in [1.165, 1.54) is 7.11 Å². The van der Waals surface area contributed by atoms with E-state index in [1.54, 1.807) is 62.5 Å². The first-order valence-electron chi connectivity index (χ1n) is 9.74. The van der Waals surface area contributed by atoms with Gasteiger partial charge in [0, 0.05) is 18.2 Å². The molecule has 2 heterocycles. The number of anilines is 1. The molecule has 0 aliphatic rings. The molecule has 1 amide bonds. The maximum Gasteiger partial charge on any atom is 0.337 e. The molecule has 3 rings (SSSR count). The Labute approximate surface area is 187 Å². The maximum atomic E-state index is 12.8. The Morgan fingerprint density at radius 1 is 1.19 bits per heavy atom. The number of esters is 1. The zero-order chi connectivity index (χ0) is 23.6. The molecule has 1 atom stereocenters. The molecule has 1 unspecified atom stereocenters. The van der Waals surface area contributed by atoms with E-state index in [9.17, 15) is 18.6 Å². The van der Waals surface area contributed by atoms with Gasteiger partial charge in [0.15, 0.2) is 0 Å². The quantitative estimate of drug-likeness (QED) is 0.483. The Balaban J connectivity index is 1.77. The number of fused-ring (bicyclic) bond motifs is 1. The van der Waals surface area contributed by atoms with Crippen molar-refractivity contribution in [3.63, 3.8) is 0 Å². The number of carbonyl (C=O) groups is 2. The lowest BCUT2D eigenvalue weighted by Crippen LogP contribution is -2.29. The van der Waals surface area contributed by atoms with Crippen LogP contribution in [-0.4, -0.2) is 49.5 Å². The van der Waals surface area contributed by atoms with Gasteiger partial charge < -0.3 is 9.72 Å². The fourth-order valence-electron chi connectivity index (χ4n) is 2.82. The highest BCUT2D eigenvalue weighted by Crippen LogP contribution is 2.18. The lowest BCUT2D eigenvalue weighted by molar-refractivity contribution is -0.123. The Bertz CT molecular complexity index is 1240. The molecule has 0 aliphatic carbocycles. The van der Waals surface area contributed by atoms with Crippen molar-refractivity contribution < 1.29 is 18.5 Å². The van der Waals surface area contributed by atoms with Crippen molar-refractivity contribution in [2.75, 3.05) is 19.5 Å². The van der Waals surface area contributed by atoms with E-state index in [-0.39, 0.29) is 18.4 Å². The van der Waals surface area contributed by atoms with Crippen molar-refractivity contribution in [3.05, 3.63) is 51.9 Å². The molecule has 3 N–H and O–H groups in total. The molecule has 0 saturated carbocycles. The fourth-order valence-corrected chi connectivity index (χ4v) is 3.80. The van der Waals surface area contributed by atoms with Crippen LogP contribution in [0.1, 0.15) is 36.8 Å². The number of nitrogens with one attached hydrogen (secondary N) is 3. The number of aromatic amines is 2. The highest BCUT2D eigenvalue weighted by Gasteiger charge is 2.22. The van der Waals surface area contributed by atoms with Gasteiger partial charge >= 0.3 is 5.97 Å². The second-order valence-electron chi connectivity index (χ2n) is 8.23. The summed E-state index contributed by atoms with van der Waals surface area (Å²) in [7, 11) is 1.46. The number of nitrogens with zero attached hydrogens (tertiary/aromatic N) is 2. The Hall–Kier alpha value is -3.31. The van der Waals surface area contributed by atoms with E-state index in [1.807, 2.05) is 0 Å². The molecule has 0 bridgehead atoms. The van der Waals surface area contributed by atoms with Gasteiger partial charge in [-0.3, -0.25) is 19.9 Å². The number of aromatic nitrogens is 3. The third kappa shape index (κ3) is 5.11. The largest absolute Gasteiger partial charge is 0.465 e. The molecule has 32 heavy (non-hydrogen) atoms. The standard InChI is InChI=1S/C21H25N5O5S/c1-21(2,3)19(29)25-20-23-16-15(17(27)24-20)10-13(22-16)11-26(4)32(30)14-8-6-12(7-9-14)18(28)31-5/h6-10H,11H2,1-5H3,(H3,22,23,24,25,27,29). The minimum absolute atomic E-state index is 0.0541. The van der Waals surface area contributed by atoms with Gasteiger partial charge in [0.05, 0.1) is 29.5 Å². The second kappa shape index (κ2) is 9.05. The number of methoxy groups -OCH3 is 1. The number of hydrogen-bond donors (Lipinski definition) is 3. The van der Waals surface area contributed by atoms with E-state index < -0.39 is 27.9 Å². The summed E-state index contributed by atoms with van der Waals surface area (Å²) < 4.78 is 19.1. The molecular formula is C21H25N5O5S. The molecule has 11 heteroatoms.